The van der Waals surface area contributed by atoms with Gasteiger partial charge in [-0.15, -0.1) is 24.0 Å². The Kier molecular flexibility index (Phi) is 2.83. The number of nitrogens with zero attached hydrogens (tertiary/aromatic N) is 1. The number of nitrogens with two attached hydrogens (primary N) is 1. The van der Waals surface area contributed by atoms with E-state index in [0.29, 0.717) is 11.7 Å². The predicted octanol–water partition coefficient (Wildman–Crippen LogP) is 2.90. The van der Waals surface area contributed by atoms with Crippen LogP contribution in [0.25, 0.3) is 11.3 Å². The van der Waals surface area contributed by atoms with Gasteiger partial charge in [0.25, 0.3) is 0 Å². The van der Waals surface area contributed by atoms with Crippen molar-refractivity contribution in [2.45, 2.75) is 6.61 Å². The minimum absolute atomic E-state index is 0. The SMILES string of the molecule is I.Nc1nc2c(s1)COc1ccccc1-2. The van der Waals surface area contributed by atoms with Crippen LogP contribution in [0.1, 0.15) is 4.88 Å². The number of halogens is 1. The van der Waals surface area contributed by atoms with E-state index in [0.717, 1.165) is 21.9 Å². The number of hydrogen-bond donors (Lipinski definition) is 1. The van der Waals surface area contributed by atoms with Gasteiger partial charge in [-0.1, -0.05) is 23.5 Å². The van der Waals surface area contributed by atoms with Crippen molar-refractivity contribution in [1.82, 2.24) is 4.98 Å². The van der Waals surface area contributed by atoms with Crippen LogP contribution in [0.3, 0.4) is 0 Å². The number of nitrogen functional groups attached to an aromatic ring is 1. The summed E-state index contributed by atoms with van der Waals surface area (Å²) in [6, 6.07) is 7.90. The summed E-state index contributed by atoms with van der Waals surface area (Å²) in [5.74, 6) is 0.894. The largest absolute Gasteiger partial charge is 0.487 e. The molecule has 0 atom stereocenters. The third kappa shape index (κ3) is 1.69. The second-order valence-corrected chi connectivity index (χ2v) is 4.22. The number of para-hydroxylation sites is 1. The summed E-state index contributed by atoms with van der Waals surface area (Å²) < 4.78 is 5.58. The van der Waals surface area contributed by atoms with Gasteiger partial charge in [0.2, 0.25) is 0 Å². The number of hydrogen-bond acceptors (Lipinski definition) is 4. The minimum Gasteiger partial charge on any atom is -0.487 e. The number of ether oxygens (including phenoxy) is 1. The fourth-order valence-corrected chi connectivity index (χ4v) is 2.37. The van der Waals surface area contributed by atoms with Gasteiger partial charge in [-0.3, -0.25) is 0 Å². The number of fused-ring (bicyclic) bond motifs is 3. The van der Waals surface area contributed by atoms with Crippen LogP contribution in [0.4, 0.5) is 5.13 Å². The highest BCUT2D eigenvalue weighted by Crippen LogP contribution is 2.39. The van der Waals surface area contributed by atoms with Gasteiger partial charge in [0.05, 0.1) is 10.6 Å². The lowest BCUT2D eigenvalue weighted by Crippen LogP contribution is -2.02. The Bertz CT molecular complexity index is 498. The molecule has 5 heteroatoms. The molecule has 2 N–H and O–H groups in total. The number of aromatic nitrogens is 1. The summed E-state index contributed by atoms with van der Waals surface area (Å²) in [7, 11) is 0. The zero-order valence-electron chi connectivity index (χ0n) is 7.77. The van der Waals surface area contributed by atoms with E-state index in [1.54, 1.807) is 0 Å². The summed E-state index contributed by atoms with van der Waals surface area (Å²) in [5, 5.41) is 0.607. The maximum absolute atomic E-state index is 5.67. The minimum atomic E-state index is 0. The predicted molar refractivity (Wildman–Crippen MR) is 71.7 cm³/mol. The highest BCUT2D eigenvalue weighted by Gasteiger charge is 2.20. The van der Waals surface area contributed by atoms with Crippen LogP contribution in [-0.4, -0.2) is 4.98 Å². The van der Waals surface area contributed by atoms with Gasteiger partial charge in [-0.2, -0.15) is 0 Å². The van der Waals surface area contributed by atoms with Crippen molar-refractivity contribution in [3.05, 3.63) is 29.1 Å². The first-order valence-corrected chi connectivity index (χ1v) is 5.13. The van der Waals surface area contributed by atoms with Gasteiger partial charge >= 0.3 is 0 Å². The van der Waals surface area contributed by atoms with Crippen LogP contribution in [-0.2, 0) is 6.61 Å². The maximum Gasteiger partial charge on any atom is 0.180 e. The van der Waals surface area contributed by atoms with Crippen LogP contribution >= 0.6 is 35.3 Å². The molecule has 15 heavy (non-hydrogen) atoms. The topological polar surface area (TPSA) is 48.1 Å². The van der Waals surface area contributed by atoms with E-state index in [9.17, 15) is 0 Å². The molecule has 1 aromatic heterocycles. The fourth-order valence-electron chi connectivity index (χ4n) is 1.61. The Hall–Kier alpha value is -0.820. The van der Waals surface area contributed by atoms with E-state index < -0.39 is 0 Å². The van der Waals surface area contributed by atoms with Crippen molar-refractivity contribution < 1.29 is 4.74 Å². The van der Waals surface area contributed by atoms with Gasteiger partial charge < -0.3 is 10.5 Å². The third-order valence-corrected chi connectivity index (χ3v) is 3.07. The number of thiazole rings is 1. The maximum atomic E-state index is 5.67. The van der Waals surface area contributed by atoms with Crippen LogP contribution < -0.4 is 10.5 Å². The average molecular weight is 332 g/mol. The number of anilines is 1. The molecule has 0 saturated heterocycles. The number of rotatable bonds is 0. The van der Waals surface area contributed by atoms with Crippen molar-refractivity contribution >= 4 is 40.4 Å². The van der Waals surface area contributed by atoms with Crippen LogP contribution in [0.5, 0.6) is 5.75 Å². The van der Waals surface area contributed by atoms with Gasteiger partial charge in [0.1, 0.15) is 12.4 Å². The molecular weight excluding hydrogens is 323 g/mol. The van der Waals surface area contributed by atoms with Gasteiger partial charge in [-0.05, 0) is 12.1 Å². The van der Waals surface area contributed by atoms with E-state index in [-0.39, 0.29) is 24.0 Å². The Morgan fingerprint density at radius 1 is 1.33 bits per heavy atom. The van der Waals surface area contributed by atoms with E-state index >= 15 is 0 Å². The summed E-state index contributed by atoms with van der Waals surface area (Å²) in [6.45, 7) is 0.585. The van der Waals surface area contributed by atoms with E-state index in [1.807, 2.05) is 24.3 Å². The van der Waals surface area contributed by atoms with Crippen LogP contribution in [0.2, 0.25) is 0 Å². The Morgan fingerprint density at radius 3 is 3.00 bits per heavy atom. The molecule has 0 radical (unpaired) electrons. The van der Waals surface area contributed by atoms with Crippen LogP contribution in [0.15, 0.2) is 24.3 Å². The van der Waals surface area contributed by atoms with Gasteiger partial charge in [0.15, 0.2) is 5.13 Å². The molecule has 3 nitrogen and oxygen atoms in total. The Labute approximate surface area is 108 Å². The van der Waals surface area contributed by atoms with Gasteiger partial charge in [-0.25, -0.2) is 4.98 Å². The highest BCUT2D eigenvalue weighted by molar-refractivity contribution is 14.0. The van der Waals surface area contributed by atoms with E-state index in [1.165, 1.54) is 11.3 Å². The third-order valence-electron chi connectivity index (χ3n) is 2.21. The Morgan fingerprint density at radius 2 is 2.13 bits per heavy atom. The standard InChI is InChI=1S/C10H8N2OS.HI/c11-10-12-9-6-3-1-2-4-7(6)13-5-8(9)14-10;/h1-4H,5H2,(H2,11,12);1H. The first-order valence-electron chi connectivity index (χ1n) is 4.32. The summed E-state index contributed by atoms with van der Waals surface area (Å²) in [6.07, 6.45) is 0. The van der Waals surface area contributed by atoms with E-state index in [2.05, 4.69) is 4.98 Å². The molecule has 0 saturated carbocycles. The zero-order chi connectivity index (χ0) is 9.54. The monoisotopic (exact) mass is 332 g/mol. The van der Waals surface area contributed by atoms with Crippen molar-refractivity contribution in [2.75, 3.05) is 5.73 Å². The molecule has 1 aliphatic heterocycles. The molecule has 0 bridgehead atoms. The molecule has 3 rings (SSSR count). The molecule has 0 aliphatic carbocycles. The molecular formula is C10H9IN2OS. The lowest BCUT2D eigenvalue weighted by molar-refractivity contribution is 0.305. The van der Waals surface area contributed by atoms with E-state index in [4.69, 9.17) is 10.5 Å². The number of benzene rings is 1. The summed E-state index contributed by atoms with van der Waals surface area (Å²) in [4.78, 5) is 5.42. The van der Waals surface area contributed by atoms with Crippen LogP contribution in [0, 0.1) is 0 Å². The normalized spacial score (nSPS) is 12.0. The molecule has 0 fully saturated rings. The zero-order valence-corrected chi connectivity index (χ0v) is 10.9. The first-order chi connectivity index (χ1) is 6.84. The lowest BCUT2D eigenvalue weighted by Gasteiger charge is -2.15. The Balaban J connectivity index is 0.000000853. The molecule has 78 valence electrons. The van der Waals surface area contributed by atoms with Crippen molar-refractivity contribution in [1.29, 1.82) is 0 Å². The molecule has 2 heterocycles. The quantitative estimate of drug-likeness (QED) is 0.755. The molecule has 0 spiro atoms. The fraction of sp³-hybridized carbons (Fsp3) is 0.100. The summed E-state index contributed by atoms with van der Waals surface area (Å²) >= 11 is 1.50. The van der Waals surface area contributed by atoms with Crippen molar-refractivity contribution in [2.24, 2.45) is 0 Å². The molecule has 1 aliphatic rings. The molecule has 1 aromatic carbocycles. The smallest absolute Gasteiger partial charge is 0.180 e. The lowest BCUT2D eigenvalue weighted by atomic mass is 10.1. The highest BCUT2D eigenvalue weighted by atomic mass is 127. The molecule has 0 unspecified atom stereocenters. The van der Waals surface area contributed by atoms with Gasteiger partial charge in [0, 0.05) is 5.56 Å². The first kappa shape index (κ1) is 10.7. The molecule has 2 aromatic rings. The molecule has 0 amide bonds. The average Bonchev–Trinajstić information content (AvgIpc) is 2.59. The van der Waals surface area contributed by atoms with Crippen molar-refractivity contribution in [3.8, 4) is 17.0 Å². The van der Waals surface area contributed by atoms with Crippen molar-refractivity contribution in [3.63, 3.8) is 0 Å². The second kappa shape index (κ2) is 3.97. The second-order valence-electron chi connectivity index (χ2n) is 3.11. The summed E-state index contributed by atoms with van der Waals surface area (Å²) in [5.41, 5.74) is 7.69.